The van der Waals surface area contributed by atoms with Gasteiger partial charge < -0.3 is 0 Å². The Morgan fingerprint density at radius 2 is 1.70 bits per heavy atom. The fourth-order valence-electron chi connectivity index (χ4n) is 3.95. The van der Waals surface area contributed by atoms with Crippen LogP contribution in [0.25, 0.3) is 0 Å². The molecule has 2 aromatic carbocycles. The first-order valence-electron chi connectivity index (χ1n) is 10.2. The number of piperidine rings is 1. The van der Waals surface area contributed by atoms with Gasteiger partial charge in [0.1, 0.15) is 5.82 Å². The zero-order chi connectivity index (χ0) is 21.0. The van der Waals surface area contributed by atoms with Crippen LogP contribution in [0, 0.1) is 5.82 Å². The van der Waals surface area contributed by atoms with E-state index in [0.29, 0.717) is 19.5 Å². The van der Waals surface area contributed by atoms with Gasteiger partial charge in [0.15, 0.2) is 0 Å². The second-order valence-electron chi connectivity index (χ2n) is 7.80. The van der Waals surface area contributed by atoms with E-state index in [0.717, 1.165) is 35.4 Å². The molecule has 6 heteroatoms. The van der Waals surface area contributed by atoms with Gasteiger partial charge in [-0.05, 0) is 48.2 Å². The molecule has 1 fully saturated rings. The first-order valence-corrected chi connectivity index (χ1v) is 11.8. The van der Waals surface area contributed by atoms with E-state index in [1.54, 1.807) is 16.4 Å². The van der Waals surface area contributed by atoms with Gasteiger partial charge >= 0.3 is 0 Å². The van der Waals surface area contributed by atoms with Gasteiger partial charge in [0.25, 0.3) is 0 Å². The van der Waals surface area contributed by atoms with E-state index in [9.17, 15) is 12.8 Å². The van der Waals surface area contributed by atoms with Crippen molar-refractivity contribution in [3.63, 3.8) is 0 Å². The quantitative estimate of drug-likeness (QED) is 0.585. The Balaban J connectivity index is 1.47. The summed E-state index contributed by atoms with van der Waals surface area (Å²) in [6, 6.07) is 21.7. The maximum absolute atomic E-state index is 13.1. The molecule has 1 unspecified atom stereocenters. The minimum absolute atomic E-state index is 0.0264. The molecular weight excluding hydrogens is 399 g/mol. The van der Waals surface area contributed by atoms with E-state index in [4.69, 9.17) is 4.98 Å². The molecule has 1 aliphatic heterocycles. The number of hydrogen-bond acceptors (Lipinski definition) is 3. The minimum atomic E-state index is -3.37. The molecule has 0 aliphatic carbocycles. The molecule has 0 spiro atoms. The van der Waals surface area contributed by atoms with E-state index in [1.165, 1.54) is 12.1 Å². The van der Waals surface area contributed by atoms with Crippen LogP contribution >= 0.6 is 0 Å². The molecule has 4 nitrogen and oxygen atoms in total. The van der Waals surface area contributed by atoms with Crippen LogP contribution in [-0.4, -0.2) is 30.8 Å². The molecule has 0 saturated carbocycles. The van der Waals surface area contributed by atoms with Crippen molar-refractivity contribution in [2.75, 3.05) is 13.1 Å². The van der Waals surface area contributed by atoms with Gasteiger partial charge in [-0.15, -0.1) is 0 Å². The number of halogens is 1. The molecule has 0 N–H and O–H groups in total. The number of benzene rings is 2. The Morgan fingerprint density at radius 3 is 2.47 bits per heavy atom. The van der Waals surface area contributed by atoms with Crippen LogP contribution in [0.2, 0.25) is 0 Å². The number of pyridine rings is 1. The molecule has 0 radical (unpaired) electrons. The molecule has 1 saturated heterocycles. The van der Waals surface area contributed by atoms with E-state index >= 15 is 0 Å². The van der Waals surface area contributed by atoms with Gasteiger partial charge in [-0.2, -0.15) is 0 Å². The van der Waals surface area contributed by atoms with Crippen molar-refractivity contribution in [2.45, 2.75) is 30.9 Å². The smallest absolute Gasteiger partial charge is 0.218 e. The Labute approximate surface area is 177 Å². The van der Waals surface area contributed by atoms with Crippen molar-refractivity contribution >= 4 is 10.0 Å². The standard InChI is InChI=1S/C24H25FN2O2S/c25-22-13-11-19(12-14-22)16-23-9-4-10-24(26-23)21-8-5-15-27(17-21)30(28,29)18-20-6-2-1-3-7-20/h1-4,6-7,9-14,21H,5,8,15-18H2. The molecule has 1 aliphatic rings. The minimum Gasteiger partial charge on any atom is -0.257 e. The Morgan fingerprint density at radius 1 is 0.933 bits per heavy atom. The third kappa shape index (κ3) is 5.12. The molecule has 1 atom stereocenters. The van der Waals surface area contributed by atoms with Crippen LogP contribution in [0.5, 0.6) is 0 Å². The predicted molar refractivity (Wildman–Crippen MR) is 116 cm³/mol. The second-order valence-corrected chi connectivity index (χ2v) is 9.76. The Hall–Kier alpha value is -2.57. The molecule has 0 amide bonds. The number of rotatable bonds is 6. The number of aromatic nitrogens is 1. The molecule has 0 bridgehead atoms. The monoisotopic (exact) mass is 424 g/mol. The summed E-state index contributed by atoms with van der Waals surface area (Å²) < 4.78 is 40.6. The van der Waals surface area contributed by atoms with Crippen LogP contribution in [0.4, 0.5) is 4.39 Å². The molecule has 3 aromatic rings. The summed E-state index contributed by atoms with van der Waals surface area (Å²) in [6.07, 6.45) is 2.36. The van der Waals surface area contributed by atoms with Crippen molar-refractivity contribution in [1.29, 1.82) is 0 Å². The van der Waals surface area contributed by atoms with Crippen molar-refractivity contribution in [3.05, 3.63) is 101 Å². The van der Waals surface area contributed by atoms with Crippen LogP contribution in [0.1, 0.15) is 41.3 Å². The summed E-state index contributed by atoms with van der Waals surface area (Å²) in [5.41, 5.74) is 3.63. The van der Waals surface area contributed by atoms with Crippen molar-refractivity contribution < 1.29 is 12.8 Å². The van der Waals surface area contributed by atoms with E-state index in [-0.39, 0.29) is 17.5 Å². The Bertz CT molecular complexity index is 1090. The lowest BCUT2D eigenvalue weighted by atomic mass is 9.95. The highest BCUT2D eigenvalue weighted by molar-refractivity contribution is 7.88. The topological polar surface area (TPSA) is 50.3 Å². The van der Waals surface area contributed by atoms with E-state index in [2.05, 4.69) is 0 Å². The van der Waals surface area contributed by atoms with Gasteiger partial charge in [-0.25, -0.2) is 17.1 Å². The van der Waals surface area contributed by atoms with Gasteiger partial charge in [0, 0.05) is 36.8 Å². The maximum Gasteiger partial charge on any atom is 0.218 e. The van der Waals surface area contributed by atoms with Crippen LogP contribution in [0.3, 0.4) is 0 Å². The number of nitrogens with zero attached hydrogens (tertiary/aromatic N) is 2. The van der Waals surface area contributed by atoms with Gasteiger partial charge in [0.2, 0.25) is 10.0 Å². The van der Waals surface area contributed by atoms with Crippen molar-refractivity contribution in [2.24, 2.45) is 0 Å². The highest BCUT2D eigenvalue weighted by Crippen LogP contribution is 2.28. The fourth-order valence-corrected chi connectivity index (χ4v) is 5.56. The SMILES string of the molecule is O=S(=O)(Cc1ccccc1)N1CCCC(c2cccc(Cc3ccc(F)cc3)n2)C1. The maximum atomic E-state index is 13.1. The molecule has 2 heterocycles. The normalized spacial score (nSPS) is 17.7. The third-order valence-electron chi connectivity index (χ3n) is 5.51. The van der Waals surface area contributed by atoms with Crippen LogP contribution < -0.4 is 0 Å². The lowest BCUT2D eigenvalue weighted by molar-refractivity contribution is 0.312. The van der Waals surface area contributed by atoms with Gasteiger partial charge in [0.05, 0.1) is 5.75 Å². The first kappa shape index (κ1) is 20.7. The Kier molecular flexibility index (Phi) is 6.25. The highest BCUT2D eigenvalue weighted by Gasteiger charge is 2.30. The van der Waals surface area contributed by atoms with Gasteiger partial charge in [-0.1, -0.05) is 48.5 Å². The average Bonchev–Trinajstić information content (AvgIpc) is 2.76. The molecule has 4 rings (SSSR count). The largest absolute Gasteiger partial charge is 0.257 e. The van der Waals surface area contributed by atoms with Crippen molar-refractivity contribution in [1.82, 2.24) is 9.29 Å². The first-order chi connectivity index (χ1) is 14.5. The fraction of sp³-hybridized carbons (Fsp3) is 0.292. The van der Waals surface area contributed by atoms with E-state index in [1.807, 2.05) is 48.5 Å². The summed E-state index contributed by atoms with van der Waals surface area (Å²) in [5, 5.41) is 0. The summed E-state index contributed by atoms with van der Waals surface area (Å²) in [4.78, 5) is 4.80. The number of hydrogen-bond donors (Lipinski definition) is 0. The summed E-state index contributed by atoms with van der Waals surface area (Å²) in [6.45, 7) is 1.02. The summed E-state index contributed by atoms with van der Waals surface area (Å²) in [5.74, 6) is -0.143. The molecule has 156 valence electrons. The molecule has 1 aromatic heterocycles. The third-order valence-corrected chi connectivity index (χ3v) is 7.33. The second kappa shape index (κ2) is 9.06. The molecular formula is C24H25FN2O2S. The zero-order valence-corrected chi connectivity index (χ0v) is 17.6. The summed E-state index contributed by atoms with van der Waals surface area (Å²) in [7, 11) is -3.37. The zero-order valence-electron chi connectivity index (χ0n) is 16.7. The van der Waals surface area contributed by atoms with Crippen LogP contribution in [-0.2, 0) is 22.2 Å². The van der Waals surface area contributed by atoms with E-state index < -0.39 is 10.0 Å². The molecule has 30 heavy (non-hydrogen) atoms. The number of sulfonamides is 1. The average molecular weight is 425 g/mol. The van der Waals surface area contributed by atoms with Crippen molar-refractivity contribution in [3.8, 4) is 0 Å². The van der Waals surface area contributed by atoms with Gasteiger partial charge in [-0.3, -0.25) is 4.98 Å². The summed E-state index contributed by atoms with van der Waals surface area (Å²) >= 11 is 0. The van der Waals surface area contributed by atoms with Crippen LogP contribution in [0.15, 0.2) is 72.8 Å². The predicted octanol–water partition coefficient (Wildman–Crippen LogP) is 4.52. The lowest BCUT2D eigenvalue weighted by Crippen LogP contribution is -2.39. The lowest BCUT2D eigenvalue weighted by Gasteiger charge is -2.32. The highest BCUT2D eigenvalue weighted by atomic mass is 32.2.